The molecule has 0 fully saturated rings. The summed E-state index contributed by atoms with van der Waals surface area (Å²) in [5, 5.41) is 3.59. The molecule has 1 N–H and O–H groups in total. The molecule has 162 valence electrons. The summed E-state index contributed by atoms with van der Waals surface area (Å²) in [6.07, 6.45) is 0.852. The first-order valence-corrected chi connectivity index (χ1v) is 11.2. The monoisotopic (exact) mass is 439 g/mol. The van der Waals surface area contributed by atoms with Gasteiger partial charge in [-0.25, -0.2) is 4.98 Å². The Bertz CT molecular complexity index is 1180. The Balaban J connectivity index is 1.56. The Labute approximate surface area is 184 Å². The number of carbonyl (C=O) groups excluding carboxylic acids is 1. The van der Waals surface area contributed by atoms with Gasteiger partial charge in [0.1, 0.15) is 0 Å². The Morgan fingerprint density at radius 3 is 2.74 bits per heavy atom. The minimum Gasteiger partial charge on any atom is -0.454 e. The Kier molecular flexibility index (Phi) is 6.18. The van der Waals surface area contributed by atoms with Crippen LogP contribution in [0.1, 0.15) is 27.2 Å². The van der Waals surface area contributed by atoms with Gasteiger partial charge in [-0.15, -0.1) is 0 Å². The average molecular weight is 440 g/mol. The van der Waals surface area contributed by atoms with Crippen molar-refractivity contribution >= 4 is 34.3 Å². The van der Waals surface area contributed by atoms with Gasteiger partial charge in [0, 0.05) is 18.3 Å². The van der Waals surface area contributed by atoms with Crippen LogP contribution in [0.2, 0.25) is 0 Å². The van der Waals surface area contributed by atoms with Crippen molar-refractivity contribution < 1.29 is 14.3 Å². The Morgan fingerprint density at radius 2 is 1.94 bits per heavy atom. The van der Waals surface area contributed by atoms with E-state index in [1.807, 2.05) is 18.2 Å². The van der Waals surface area contributed by atoms with Crippen molar-refractivity contribution in [3.05, 3.63) is 52.8 Å². The van der Waals surface area contributed by atoms with Gasteiger partial charge < -0.3 is 14.8 Å². The number of fused-ring (bicyclic) bond motifs is 2. The van der Waals surface area contributed by atoms with Crippen LogP contribution in [0.4, 0.5) is 5.69 Å². The number of hydrogen-bond donors (Lipinski definition) is 1. The molecule has 31 heavy (non-hydrogen) atoms. The lowest BCUT2D eigenvalue weighted by atomic mass is 10.1. The third kappa shape index (κ3) is 4.69. The van der Waals surface area contributed by atoms with Crippen LogP contribution in [-0.2, 0) is 11.3 Å². The number of nitrogens with zero attached hydrogens (tertiary/aromatic N) is 2. The highest BCUT2D eigenvalue weighted by Gasteiger charge is 2.21. The minimum absolute atomic E-state index is 0.0721. The largest absolute Gasteiger partial charge is 0.454 e. The molecule has 1 aliphatic heterocycles. The summed E-state index contributed by atoms with van der Waals surface area (Å²) in [6.45, 7) is 6.79. The number of benzene rings is 2. The van der Waals surface area contributed by atoms with Crippen molar-refractivity contribution in [1.29, 1.82) is 0 Å². The van der Waals surface area contributed by atoms with Gasteiger partial charge in [0.15, 0.2) is 16.7 Å². The van der Waals surface area contributed by atoms with Gasteiger partial charge in [0.05, 0.1) is 16.2 Å². The van der Waals surface area contributed by atoms with E-state index in [-0.39, 0.29) is 18.3 Å². The standard InChI is InChI=1S/C23H25N3O4S/c1-14(2)10-11-26-22(28)17-6-4-5-7-18(17)25-23(26)31-15(3)21(27)24-16-8-9-19-20(12-16)30-13-29-19/h4-9,12,14-15H,10-11,13H2,1-3H3,(H,24,27). The van der Waals surface area contributed by atoms with E-state index in [1.165, 1.54) is 11.8 Å². The minimum atomic E-state index is -0.455. The van der Waals surface area contributed by atoms with Gasteiger partial charge >= 0.3 is 0 Å². The Hall–Kier alpha value is -3.00. The van der Waals surface area contributed by atoms with E-state index in [4.69, 9.17) is 14.5 Å². The molecule has 0 saturated carbocycles. The zero-order valence-electron chi connectivity index (χ0n) is 17.8. The summed E-state index contributed by atoms with van der Waals surface area (Å²) < 4.78 is 12.4. The predicted octanol–water partition coefficient (Wildman–Crippen LogP) is 4.29. The molecule has 8 heteroatoms. The summed E-state index contributed by atoms with van der Waals surface area (Å²) in [4.78, 5) is 30.6. The van der Waals surface area contributed by atoms with Crippen LogP contribution in [-0.4, -0.2) is 27.5 Å². The van der Waals surface area contributed by atoms with Crippen LogP contribution >= 0.6 is 11.8 Å². The summed E-state index contributed by atoms with van der Waals surface area (Å²) in [7, 11) is 0. The third-order valence-electron chi connectivity index (χ3n) is 5.05. The number of amides is 1. The molecule has 0 aliphatic carbocycles. The number of ether oxygens (including phenoxy) is 2. The van der Waals surface area contributed by atoms with Gasteiger partial charge in [-0.05, 0) is 43.5 Å². The van der Waals surface area contributed by atoms with Crippen LogP contribution in [0.15, 0.2) is 52.4 Å². The average Bonchev–Trinajstić information content (AvgIpc) is 3.21. The predicted molar refractivity (Wildman–Crippen MR) is 122 cm³/mol. The normalized spacial score (nSPS) is 13.5. The summed E-state index contributed by atoms with van der Waals surface area (Å²) in [6, 6.07) is 12.6. The lowest BCUT2D eigenvalue weighted by molar-refractivity contribution is -0.115. The number of thioether (sulfide) groups is 1. The zero-order chi connectivity index (χ0) is 22.0. The molecule has 1 unspecified atom stereocenters. The second-order valence-corrected chi connectivity index (χ2v) is 9.18. The van der Waals surface area contributed by atoms with Crippen LogP contribution in [0, 0.1) is 5.92 Å². The molecule has 1 atom stereocenters. The van der Waals surface area contributed by atoms with Crippen molar-refractivity contribution in [2.24, 2.45) is 5.92 Å². The van der Waals surface area contributed by atoms with E-state index in [9.17, 15) is 9.59 Å². The van der Waals surface area contributed by atoms with Crippen molar-refractivity contribution in [2.75, 3.05) is 12.1 Å². The van der Waals surface area contributed by atoms with Crippen molar-refractivity contribution in [1.82, 2.24) is 9.55 Å². The van der Waals surface area contributed by atoms with Gasteiger partial charge in [-0.2, -0.15) is 0 Å². The molecule has 0 saturated heterocycles. The maximum Gasteiger partial charge on any atom is 0.262 e. The first kappa shape index (κ1) is 21.2. The molecule has 1 amide bonds. The van der Waals surface area contributed by atoms with E-state index in [0.29, 0.717) is 45.7 Å². The fraction of sp³-hybridized carbons (Fsp3) is 0.348. The van der Waals surface area contributed by atoms with Crippen LogP contribution in [0.3, 0.4) is 0 Å². The van der Waals surface area contributed by atoms with E-state index < -0.39 is 5.25 Å². The second-order valence-electron chi connectivity index (χ2n) is 7.87. The highest BCUT2D eigenvalue weighted by molar-refractivity contribution is 8.00. The van der Waals surface area contributed by atoms with Gasteiger partial charge in [-0.1, -0.05) is 37.7 Å². The van der Waals surface area contributed by atoms with Gasteiger partial charge in [0.2, 0.25) is 12.7 Å². The molecule has 0 spiro atoms. The van der Waals surface area contributed by atoms with Crippen molar-refractivity contribution in [2.45, 2.75) is 44.1 Å². The molecular weight excluding hydrogens is 414 g/mol. The van der Waals surface area contributed by atoms with Gasteiger partial charge in [-0.3, -0.25) is 14.2 Å². The summed E-state index contributed by atoms with van der Waals surface area (Å²) in [5.41, 5.74) is 1.20. The number of carbonyl (C=O) groups is 1. The van der Waals surface area contributed by atoms with Crippen LogP contribution in [0.5, 0.6) is 11.5 Å². The molecule has 4 rings (SSSR count). The van der Waals surface area contributed by atoms with E-state index in [2.05, 4.69) is 19.2 Å². The third-order valence-corrected chi connectivity index (χ3v) is 6.14. The highest BCUT2D eigenvalue weighted by Crippen LogP contribution is 2.34. The molecule has 1 aromatic heterocycles. The molecule has 1 aliphatic rings. The number of nitrogens with one attached hydrogen (secondary N) is 1. The van der Waals surface area contributed by atoms with E-state index in [0.717, 1.165) is 6.42 Å². The van der Waals surface area contributed by atoms with E-state index >= 15 is 0 Å². The maximum atomic E-state index is 13.1. The fourth-order valence-electron chi connectivity index (χ4n) is 3.25. The van der Waals surface area contributed by atoms with E-state index in [1.54, 1.807) is 35.8 Å². The lowest BCUT2D eigenvalue weighted by Crippen LogP contribution is -2.27. The summed E-state index contributed by atoms with van der Waals surface area (Å²) in [5.74, 6) is 1.54. The molecular formula is C23H25N3O4S. The SMILES string of the molecule is CC(C)CCn1c(SC(C)C(=O)Nc2ccc3c(c2)OCO3)nc2ccccc2c1=O. The highest BCUT2D eigenvalue weighted by atomic mass is 32.2. The van der Waals surface area contributed by atoms with Crippen molar-refractivity contribution in [3.63, 3.8) is 0 Å². The molecule has 7 nitrogen and oxygen atoms in total. The molecule has 0 bridgehead atoms. The molecule has 3 aromatic rings. The maximum absolute atomic E-state index is 13.1. The Morgan fingerprint density at radius 1 is 1.16 bits per heavy atom. The first-order valence-electron chi connectivity index (χ1n) is 10.3. The molecule has 2 aromatic carbocycles. The van der Waals surface area contributed by atoms with Crippen molar-refractivity contribution in [3.8, 4) is 11.5 Å². The van der Waals surface area contributed by atoms with Crippen LogP contribution < -0.4 is 20.3 Å². The molecule has 2 heterocycles. The quantitative estimate of drug-likeness (QED) is 0.437. The number of rotatable bonds is 7. The fourth-order valence-corrected chi connectivity index (χ4v) is 4.19. The number of aromatic nitrogens is 2. The molecule has 0 radical (unpaired) electrons. The second kappa shape index (κ2) is 9.01. The van der Waals surface area contributed by atoms with Gasteiger partial charge in [0.25, 0.3) is 5.56 Å². The number of hydrogen-bond acceptors (Lipinski definition) is 6. The number of anilines is 1. The zero-order valence-corrected chi connectivity index (χ0v) is 18.6. The first-order chi connectivity index (χ1) is 14.9. The summed E-state index contributed by atoms with van der Waals surface area (Å²) >= 11 is 1.29. The smallest absolute Gasteiger partial charge is 0.262 e. The lowest BCUT2D eigenvalue weighted by Gasteiger charge is -2.17. The topological polar surface area (TPSA) is 82.5 Å². The number of para-hydroxylation sites is 1. The van der Waals surface area contributed by atoms with Crippen LogP contribution in [0.25, 0.3) is 10.9 Å².